The maximum atomic E-state index is 13.2. The Hall–Kier alpha value is -2.86. The maximum absolute atomic E-state index is 13.2. The lowest BCUT2D eigenvalue weighted by atomic mass is 10.0. The van der Waals surface area contributed by atoms with Gasteiger partial charge in [0.25, 0.3) is 5.56 Å². The summed E-state index contributed by atoms with van der Waals surface area (Å²) < 4.78 is 1.58. The van der Waals surface area contributed by atoms with Crippen molar-refractivity contribution in [1.82, 2.24) is 14.5 Å². The van der Waals surface area contributed by atoms with Gasteiger partial charge in [-0.1, -0.05) is 60.3 Å². The number of rotatable bonds is 7. The van der Waals surface area contributed by atoms with Gasteiger partial charge in [-0.3, -0.25) is 14.2 Å². The number of aromatic nitrogens is 2. The number of hydrogen-bond donors (Lipinski definition) is 0. The summed E-state index contributed by atoms with van der Waals surface area (Å²) in [6, 6.07) is 17.2. The summed E-state index contributed by atoms with van der Waals surface area (Å²) in [6.45, 7) is 10.7. The van der Waals surface area contributed by atoms with Gasteiger partial charge in [-0.15, -0.1) is 6.58 Å². The Bertz CT molecular complexity index is 1100. The lowest BCUT2D eigenvalue weighted by molar-refractivity contribution is -0.133. The molecule has 0 bridgehead atoms. The predicted octanol–water partition coefficient (Wildman–Crippen LogP) is 4.50. The van der Waals surface area contributed by atoms with Crippen LogP contribution in [-0.4, -0.2) is 31.6 Å². The Kier molecular flexibility index (Phi) is 6.77. The first-order valence-electron chi connectivity index (χ1n) is 9.89. The van der Waals surface area contributed by atoms with Crippen molar-refractivity contribution in [2.75, 3.05) is 5.75 Å². The van der Waals surface area contributed by atoms with Crippen molar-refractivity contribution < 1.29 is 4.79 Å². The van der Waals surface area contributed by atoms with Gasteiger partial charge in [0, 0.05) is 18.6 Å². The minimum Gasteiger partial charge on any atom is -0.333 e. The van der Waals surface area contributed by atoms with Crippen molar-refractivity contribution in [2.45, 2.75) is 44.6 Å². The zero-order valence-corrected chi connectivity index (χ0v) is 18.5. The standard InChI is InChI=1S/C24H27N3O2S/c1-5-15-26-22(29)19-13-9-10-14-20(19)25-23(26)30-17-21(28)27(24(2,3)4)16-18-11-7-6-8-12-18/h5-14H,1,15-17H2,2-4H3. The average Bonchev–Trinajstić information content (AvgIpc) is 2.72. The molecular formula is C24H27N3O2S. The fourth-order valence-electron chi connectivity index (χ4n) is 3.22. The van der Waals surface area contributed by atoms with E-state index < -0.39 is 0 Å². The van der Waals surface area contributed by atoms with Crippen LogP contribution in [0.3, 0.4) is 0 Å². The molecule has 2 aromatic carbocycles. The number of thioether (sulfide) groups is 1. The van der Waals surface area contributed by atoms with Gasteiger partial charge in [0.1, 0.15) is 0 Å². The number of fused-ring (bicyclic) bond motifs is 1. The second-order valence-corrected chi connectivity index (χ2v) is 8.98. The Morgan fingerprint density at radius 1 is 1.13 bits per heavy atom. The predicted molar refractivity (Wildman–Crippen MR) is 124 cm³/mol. The van der Waals surface area contributed by atoms with Crippen molar-refractivity contribution in [3.8, 4) is 0 Å². The van der Waals surface area contributed by atoms with Crippen molar-refractivity contribution in [2.24, 2.45) is 0 Å². The molecule has 1 aromatic heterocycles. The molecule has 1 heterocycles. The first-order valence-corrected chi connectivity index (χ1v) is 10.9. The number of allylic oxidation sites excluding steroid dienone is 1. The van der Waals surface area contributed by atoms with E-state index in [1.165, 1.54) is 11.8 Å². The molecule has 0 atom stereocenters. The highest BCUT2D eigenvalue weighted by Gasteiger charge is 2.27. The SMILES string of the molecule is C=CCn1c(SCC(=O)N(Cc2ccccc2)C(C)(C)C)nc2ccccc2c1=O. The van der Waals surface area contributed by atoms with E-state index in [1.807, 2.05) is 74.2 Å². The van der Waals surface area contributed by atoms with E-state index in [-0.39, 0.29) is 22.8 Å². The Labute approximate surface area is 181 Å². The van der Waals surface area contributed by atoms with Crippen LogP contribution in [0.1, 0.15) is 26.3 Å². The molecule has 156 valence electrons. The van der Waals surface area contributed by atoms with E-state index in [4.69, 9.17) is 0 Å². The second-order valence-electron chi connectivity index (χ2n) is 8.04. The molecule has 3 rings (SSSR count). The van der Waals surface area contributed by atoms with Gasteiger partial charge < -0.3 is 4.90 Å². The van der Waals surface area contributed by atoms with Gasteiger partial charge in [0.2, 0.25) is 5.91 Å². The van der Waals surface area contributed by atoms with Gasteiger partial charge in [0.15, 0.2) is 5.16 Å². The fourth-order valence-corrected chi connectivity index (χ4v) is 4.10. The normalized spacial score (nSPS) is 11.4. The van der Waals surface area contributed by atoms with E-state index >= 15 is 0 Å². The first kappa shape index (κ1) is 21.8. The molecule has 0 spiro atoms. The molecule has 0 aliphatic rings. The molecule has 0 saturated carbocycles. The van der Waals surface area contributed by atoms with E-state index in [0.717, 1.165) is 5.56 Å². The summed E-state index contributed by atoms with van der Waals surface area (Å²) in [5.41, 5.74) is 1.27. The molecule has 0 radical (unpaired) electrons. The zero-order chi connectivity index (χ0) is 21.7. The molecule has 0 unspecified atom stereocenters. The third kappa shape index (κ3) is 5.00. The lowest BCUT2D eigenvalue weighted by Gasteiger charge is -2.36. The van der Waals surface area contributed by atoms with Crippen molar-refractivity contribution in [3.63, 3.8) is 0 Å². The number of nitrogens with zero attached hydrogens (tertiary/aromatic N) is 3. The summed E-state index contributed by atoms with van der Waals surface area (Å²) in [5.74, 6) is 0.204. The maximum Gasteiger partial charge on any atom is 0.262 e. The molecule has 5 nitrogen and oxygen atoms in total. The van der Waals surface area contributed by atoms with Crippen molar-refractivity contribution in [3.05, 3.63) is 83.2 Å². The van der Waals surface area contributed by atoms with Crippen LogP contribution in [0.5, 0.6) is 0 Å². The number of carbonyl (C=O) groups is 1. The highest BCUT2D eigenvalue weighted by molar-refractivity contribution is 7.99. The first-order chi connectivity index (χ1) is 14.3. The van der Waals surface area contributed by atoms with Crippen LogP contribution in [0.15, 0.2) is 77.2 Å². The summed E-state index contributed by atoms with van der Waals surface area (Å²) in [7, 11) is 0. The second kappa shape index (κ2) is 9.30. The molecule has 0 aliphatic carbocycles. The number of carbonyl (C=O) groups excluding carboxylic acids is 1. The third-order valence-electron chi connectivity index (χ3n) is 4.76. The van der Waals surface area contributed by atoms with Crippen molar-refractivity contribution >= 4 is 28.6 Å². The highest BCUT2D eigenvalue weighted by atomic mass is 32.2. The number of amides is 1. The Morgan fingerprint density at radius 3 is 2.47 bits per heavy atom. The molecule has 1 amide bonds. The van der Waals surface area contributed by atoms with Crippen LogP contribution in [0.2, 0.25) is 0 Å². The highest BCUT2D eigenvalue weighted by Crippen LogP contribution is 2.23. The molecular weight excluding hydrogens is 394 g/mol. The Morgan fingerprint density at radius 2 is 1.80 bits per heavy atom. The molecule has 0 N–H and O–H groups in total. The fraction of sp³-hybridized carbons (Fsp3) is 0.292. The molecule has 0 aliphatic heterocycles. The van der Waals surface area contributed by atoms with Crippen molar-refractivity contribution in [1.29, 1.82) is 0 Å². The van der Waals surface area contributed by atoms with Crippen LogP contribution in [0.25, 0.3) is 10.9 Å². The number of hydrogen-bond acceptors (Lipinski definition) is 4. The molecule has 0 fully saturated rings. The summed E-state index contributed by atoms with van der Waals surface area (Å²) >= 11 is 1.29. The van der Waals surface area contributed by atoms with Gasteiger partial charge in [-0.25, -0.2) is 4.98 Å². The van der Waals surface area contributed by atoms with Crippen LogP contribution >= 0.6 is 11.8 Å². The molecule has 3 aromatic rings. The van der Waals surface area contributed by atoms with Crippen LogP contribution in [-0.2, 0) is 17.9 Å². The summed E-state index contributed by atoms with van der Waals surface area (Å²) in [4.78, 5) is 32.5. The molecule has 0 saturated heterocycles. The zero-order valence-electron chi connectivity index (χ0n) is 17.7. The minimum absolute atomic E-state index is 0.00362. The summed E-state index contributed by atoms with van der Waals surface area (Å²) in [6.07, 6.45) is 1.67. The monoisotopic (exact) mass is 421 g/mol. The van der Waals surface area contributed by atoms with Gasteiger partial charge in [-0.2, -0.15) is 0 Å². The van der Waals surface area contributed by atoms with Crippen LogP contribution in [0.4, 0.5) is 0 Å². The van der Waals surface area contributed by atoms with Gasteiger partial charge in [-0.05, 0) is 38.5 Å². The van der Waals surface area contributed by atoms with E-state index in [0.29, 0.717) is 29.1 Å². The average molecular weight is 422 g/mol. The number of para-hydroxylation sites is 1. The minimum atomic E-state index is -0.328. The molecule has 30 heavy (non-hydrogen) atoms. The van der Waals surface area contributed by atoms with Crippen LogP contribution < -0.4 is 5.56 Å². The third-order valence-corrected chi connectivity index (χ3v) is 5.72. The van der Waals surface area contributed by atoms with E-state index in [9.17, 15) is 9.59 Å². The van der Waals surface area contributed by atoms with Gasteiger partial charge in [0.05, 0.1) is 16.7 Å². The Balaban J connectivity index is 1.86. The van der Waals surface area contributed by atoms with E-state index in [2.05, 4.69) is 11.6 Å². The van der Waals surface area contributed by atoms with Gasteiger partial charge >= 0.3 is 0 Å². The lowest BCUT2D eigenvalue weighted by Crippen LogP contribution is -2.46. The summed E-state index contributed by atoms with van der Waals surface area (Å²) in [5, 5.41) is 1.09. The largest absolute Gasteiger partial charge is 0.333 e. The van der Waals surface area contributed by atoms with E-state index in [1.54, 1.807) is 16.7 Å². The number of benzene rings is 2. The quantitative estimate of drug-likeness (QED) is 0.320. The smallest absolute Gasteiger partial charge is 0.262 e. The van der Waals surface area contributed by atoms with Crippen LogP contribution in [0, 0.1) is 0 Å². The molecule has 6 heteroatoms. The topological polar surface area (TPSA) is 55.2 Å².